The zero-order chi connectivity index (χ0) is 16.2. The van der Waals surface area contributed by atoms with Crippen molar-refractivity contribution in [2.45, 2.75) is 0 Å². The second kappa shape index (κ2) is 6.54. The summed E-state index contributed by atoms with van der Waals surface area (Å²) >= 11 is 6.13. The number of nitrogens with one attached hydrogen (secondary N) is 1. The van der Waals surface area contributed by atoms with Gasteiger partial charge in [0.25, 0.3) is 5.91 Å². The van der Waals surface area contributed by atoms with E-state index in [1.807, 2.05) is 18.2 Å². The van der Waals surface area contributed by atoms with Crippen LogP contribution in [0.1, 0.15) is 10.6 Å². The van der Waals surface area contributed by atoms with E-state index < -0.39 is 0 Å². The van der Waals surface area contributed by atoms with Crippen molar-refractivity contribution >= 4 is 23.2 Å². The van der Waals surface area contributed by atoms with Crippen molar-refractivity contribution in [3.05, 3.63) is 65.5 Å². The minimum absolute atomic E-state index is 0.190. The molecule has 2 heterocycles. The van der Waals surface area contributed by atoms with Crippen LogP contribution in [-0.2, 0) is 0 Å². The molecule has 6 heteroatoms. The third-order valence-electron chi connectivity index (χ3n) is 3.17. The summed E-state index contributed by atoms with van der Waals surface area (Å²) in [6.07, 6.45) is 1.51. The van der Waals surface area contributed by atoms with Gasteiger partial charge >= 0.3 is 0 Å². The molecule has 1 N–H and O–H groups in total. The number of anilines is 1. The van der Waals surface area contributed by atoms with Crippen LogP contribution < -0.4 is 10.1 Å². The molecule has 116 valence electrons. The summed E-state index contributed by atoms with van der Waals surface area (Å²) in [7, 11) is 1.53. The Hall–Kier alpha value is -2.79. The Morgan fingerprint density at radius 2 is 2.00 bits per heavy atom. The van der Waals surface area contributed by atoms with Crippen LogP contribution in [0.5, 0.6) is 5.88 Å². The van der Waals surface area contributed by atoms with Crippen LogP contribution in [0.2, 0.25) is 5.02 Å². The van der Waals surface area contributed by atoms with E-state index in [-0.39, 0.29) is 11.7 Å². The number of nitrogens with zero attached hydrogens (tertiary/aromatic N) is 1. The summed E-state index contributed by atoms with van der Waals surface area (Å²) in [5.74, 6) is 0.835. The van der Waals surface area contributed by atoms with Crippen LogP contribution in [-0.4, -0.2) is 18.0 Å². The Morgan fingerprint density at radius 3 is 2.70 bits per heavy atom. The highest BCUT2D eigenvalue weighted by molar-refractivity contribution is 6.33. The highest BCUT2D eigenvalue weighted by Crippen LogP contribution is 2.29. The number of pyridine rings is 1. The van der Waals surface area contributed by atoms with Gasteiger partial charge in [0.1, 0.15) is 5.76 Å². The molecular weight excluding hydrogens is 316 g/mol. The third-order valence-corrected chi connectivity index (χ3v) is 3.50. The predicted octanol–water partition coefficient (Wildman–Crippen LogP) is 4.26. The Morgan fingerprint density at radius 1 is 1.17 bits per heavy atom. The fourth-order valence-corrected chi connectivity index (χ4v) is 2.26. The van der Waals surface area contributed by atoms with Crippen molar-refractivity contribution in [3.8, 4) is 17.2 Å². The Balaban J connectivity index is 1.77. The van der Waals surface area contributed by atoms with Crippen LogP contribution in [0, 0.1) is 0 Å². The van der Waals surface area contributed by atoms with Gasteiger partial charge in [0.2, 0.25) is 5.88 Å². The maximum absolute atomic E-state index is 12.2. The molecule has 0 aliphatic rings. The van der Waals surface area contributed by atoms with Crippen LogP contribution in [0.4, 0.5) is 5.69 Å². The number of benzene rings is 1. The summed E-state index contributed by atoms with van der Waals surface area (Å²) in [5.41, 5.74) is 1.28. The van der Waals surface area contributed by atoms with Gasteiger partial charge in [-0.3, -0.25) is 4.79 Å². The number of hydrogen-bond acceptors (Lipinski definition) is 4. The normalized spacial score (nSPS) is 10.3. The van der Waals surface area contributed by atoms with E-state index in [4.69, 9.17) is 20.8 Å². The molecule has 0 saturated heterocycles. The van der Waals surface area contributed by atoms with Crippen molar-refractivity contribution in [2.24, 2.45) is 0 Å². The molecule has 0 saturated carbocycles. The Labute approximate surface area is 137 Å². The number of methoxy groups -OCH3 is 1. The standard InChI is InChI=1S/C17H13ClN2O3/c1-22-16-9-6-11(10-19-16)20-17(21)15-8-7-14(23-15)12-4-2-3-5-13(12)18/h2-10H,1H3,(H,20,21). The number of carbonyl (C=O) groups is 1. The number of halogens is 1. The van der Waals surface area contributed by atoms with Crippen LogP contribution in [0.25, 0.3) is 11.3 Å². The fraction of sp³-hybridized carbons (Fsp3) is 0.0588. The molecule has 2 aromatic heterocycles. The average Bonchev–Trinajstić information content (AvgIpc) is 3.06. The number of rotatable bonds is 4. The van der Waals surface area contributed by atoms with Crippen LogP contribution in [0.3, 0.4) is 0 Å². The lowest BCUT2D eigenvalue weighted by Crippen LogP contribution is -2.10. The Bertz CT molecular complexity index is 828. The first-order valence-corrected chi connectivity index (χ1v) is 7.21. The molecule has 3 rings (SSSR count). The molecule has 3 aromatic rings. The van der Waals surface area contributed by atoms with E-state index >= 15 is 0 Å². The molecule has 0 unspecified atom stereocenters. The first-order chi connectivity index (χ1) is 11.2. The first-order valence-electron chi connectivity index (χ1n) is 6.83. The van der Waals surface area contributed by atoms with Crippen molar-refractivity contribution in [1.82, 2.24) is 4.98 Å². The predicted molar refractivity (Wildman–Crippen MR) is 87.9 cm³/mol. The van der Waals surface area contributed by atoms with E-state index in [0.29, 0.717) is 22.4 Å². The highest BCUT2D eigenvalue weighted by Gasteiger charge is 2.14. The van der Waals surface area contributed by atoms with Gasteiger partial charge in [0.05, 0.1) is 24.0 Å². The van der Waals surface area contributed by atoms with Crippen molar-refractivity contribution in [2.75, 3.05) is 12.4 Å². The van der Waals surface area contributed by atoms with Crippen molar-refractivity contribution in [1.29, 1.82) is 0 Å². The molecule has 0 radical (unpaired) electrons. The van der Waals surface area contributed by atoms with E-state index in [0.717, 1.165) is 5.56 Å². The lowest BCUT2D eigenvalue weighted by molar-refractivity contribution is 0.0997. The molecular formula is C17H13ClN2O3. The number of aromatic nitrogens is 1. The summed E-state index contributed by atoms with van der Waals surface area (Å²) < 4.78 is 10.6. The van der Waals surface area contributed by atoms with Gasteiger partial charge in [0.15, 0.2) is 5.76 Å². The quantitative estimate of drug-likeness (QED) is 0.777. The minimum Gasteiger partial charge on any atom is -0.481 e. The van der Waals surface area contributed by atoms with Crippen LogP contribution >= 0.6 is 11.6 Å². The molecule has 5 nitrogen and oxygen atoms in total. The lowest BCUT2D eigenvalue weighted by atomic mass is 10.2. The SMILES string of the molecule is COc1ccc(NC(=O)c2ccc(-c3ccccc3Cl)o2)cn1. The molecule has 0 aliphatic carbocycles. The number of ether oxygens (including phenoxy) is 1. The number of amides is 1. The van der Waals surface area contributed by atoms with Gasteiger partial charge in [-0.1, -0.05) is 23.7 Å². The maximum Gasteiger partial charge on any atom is 0.291 e. The molecule has 0 bridgehead atoms. The lowest BCUT2D eigenvalue weighted by Gasteiger charge is -2.04. The van der Waals surface area contributed by atoms with Crippen LogP contribution in [0.15, 0.2) is 59.1 Å². The largest absolute Gasteiger partial charge is 0.481 e. The summed E-state index contributed by atoms with van der Waals surface area (Å²) in [6.45, 7) is 0. The topological polar surface area (TPSA) is 64.4 Å². The molecule has 0 aliphatic heterocycles. The molecule has 23 heavy (non-hydrogen) atoms. The second-order valence-corrected chi connectivity index (χ2v) is 5.09. The van der Waals surface area contributed by atoms with E-state index in [9.17, 15) is 4.79 Å². The summed E-state index contributed by atoms with van der Waals surface area (Å²) in [4.78, 5) is 16.2. The zero-order valence-electron chi connectivity index (χ0n) is 12.2. The number of furan rings is 1. The zero-order valence-corrected chi connectivity index (χ0v) is 13.0. The van der Waals surface area contributed by atoms with Gasteiger partial charge < -0.3 is 14.5 Å². The molecule has 0 spiro atoms. The number of carbonyl (C=O) groups excluding carboxylic acids is 1. The maximum atomic E-state index is 12.2. The number of hydrogen-bond donors (Lipinski definition) is 1. The molecule has 1 amide bonds. The monoisotopic (exact) mass is 328 g/mol. The molecule has 0 atom stereocenters. The van der Waals surface area contributed by atoms with E-state index in [2.05, 4.69) is 10.3 Å². The first kappa shape index (κ1) is 15.1. The third kappa shape index (κ3) is 3.35. The van der Waals surface area contributed by atoms with Gasteiger partial charge in [-0.2, -0.15) is 0 Å². The summed E-state index contributed by atoms with van der Waals surface area (Å²) in [6, 6.07) is 14.0. The van der Waals surface area contributed by atoms with E-state index in [1.165, 1.54) is 13.3 Å². The fourth-order valence-electron chi connectivity index (χ4n) is 2.03. The second-order valence-electron chi connectivity index (χ2n) is 4.69. The van der Waals surface area contributed by atoms with Crippen molar-refractivity contribution in [3.63, 3.8) is 0 Å². The smallest absolute Gasteiger partial charge is 0.291 e. The average molecular weight is 329 g/mol. The summed E-state index contributed by atoms with van der Waals surface area (Å²) in [5, 5.41) is 3.27. The van der Waals surface area contributed by atoms with Gasteiger partial charge in [-0.15, -0.1) is 0 Å². The van der Waals surface area contributed by atoms with Gasteiger partial charge in [0, 0.05) is 11.6 Å². The Kier molecular flexibility index (Phi) is 4.30. The van der Waals surface area contributed by atoms with Gasteiger partial charge in [-0.05, 0) is 30.3 Å². The molecule has 0 fully saturated rings. The highest BCUT2D eigenvalue weighted by atomic mass is 35.5. The van der Waals surface area contributed by atoms with Gasteiger partial charge in [-0.25, -0.2) is 4.98 Å². The van der Waals surface area contributed by atoms with E-state index in [1.54, 1.807) is 30.3 Å². The minimum atomic E-state index is -0.365. The molecule has 1 aromatic carbocycles. The van der Waals surface area contributed by atoms with Crippen molar-refractivity contribution < 1.29 is 13.9 Å².